The van der Waals surface area contributed by atoms with Gasteiger partial charge in [0.05, 0.1) is 17.2 Å². The van der Waals surface area contributed by atoms with Crippen molar-refractivity contribution in [2.45, 2.75) is 45.1 Å². The van der Waals surface area contributed by atoms with Crippen LogP contribution >= 0.6 is 11.3 Å². The molecule has 0 bridgehead atoms. The third kappa shape index (κ3) is 3.02. The number of hydrogen-bond acceptors (Lipinski definition) is 3. The first-order valence-corrected chi connectivity index (χ1v) is 6.96. The molecule has 2 nitrogen and oxygen atoms in total. The number of nitrogens with one attached hydrogen (secondary N) is 1. The van der Waals surface area contributed by atoms with Gasteiger partial charge in [-0.25, -0.2) is 4.98 Å². The Morgan fingerprint density at radius 2 is 2.47 bits per heavy atom. The Hall–Kier alpha value is -0.410. The molecule has 2 rings (SSSR count). The zero-order chi connectivity index (χ0) is 10.5. The molecule has 0 saturated heterocycles. The largest absolute Gasteiger partial charge is 0.309 e. The van der Waals surface area contributed by atoms with E-state index in [0.717, 1.165) is 12.5 Å². The number of hydrogen-bond donors (Lipinski definition) is 1. The van der Waals surface area contributed by atoms with Gasteiger partial charge in [-0.3, -0.25) is 0 Å². The van der Waals surface area contributed by atoms with Gasteiger partial charge in [-0.2, -0.15) is 0 Å². The van der Waals surface area contributed by atoms with Gasteiger partial charge >= 0.3 is 0 Å². The summed E-state index contributed by atoms with van der Waals surface area (Å²) in [5, 5.41) is 5.80. The standard InChI is InChI=1S/C12H20N2S/c1-2-6-13-11(7-10-4-3-5-10)12-8-15-9-14-12/h8-11,13H,2-7H2,1H3. The van der Waals surface area contributed by atoms with Crippen LogP contribution in [0.15, 0.2) is 10.9 Å². The molecule has 1 aliphatic carbocycles. The predicted molar refractivity (Wildman–Crippen MR) is 65.1 cm³/mol. The van der Waals surface area contributed by atoms with Crippen LogP contribution in [0, 0.1) is 5.92 Å². The van der Waals surface area contributed by atoms with E-state index in [4.69, 9.17) is 0 Å². The molecule has 1 atom stereocenters. The lowest BCUT2D eigenvalue weighted by Crippen LogP contribution is -2.26. The molecular formula is C12H20N2S. The highest BCUT2D eigenvalue weighted by Gasteiger charge is 2.23. The molecule has 0 spiro atoms. The summed E-state index contributed by atoms with van der Waals surface area (Å²) in [6.07, 6.45) is 6.76. The molecule has 0 aromatic carbocycles. The van der Waals surface area contributed by atoms with Gasteiger partial charge in [-0.15, -0.1) is 11.3 Å². The molecule has 1 fully saturated rings. The van der Waals surface area contributed by atoms with Gasteiger partial charge in [0.1, 0.15) is 0 Å². The minimum Gasteiger partial charge on any atom is -0.309 e. The molecular weight excluding hydrogens is 204 g/mol. The molecule has 1 N–H and O–H groups in total. The van der Waals surface area contributed by atoms with Crippen LogP contribution in [-0.2, 0) is 0 Å². The van der Waals surface area contributed by atoms with Crippen LogP contribution in [0.3, 0.4) is 0 Å². The average Bonchev–Trinajstić information content (AvgIpc) is 2.68. The zero-order valence-electron chi connectivity index (χ0n) is 9.41. The van der Waals surface area contributed by atoms with E-state index in [0.29, 0.717) is 6.04 Å². The maximum atomic E-state index is 4.44. The van der Waals surface area contributed by atoms with E-state index in [9.17, 15) is 0 Å². The monoisotopic (exact) mass is 224 g/mol. The normalized spacial score (nSPS) is 18.7. The smallest absolute Gasteiger partial charge is 0.0795 e. The second-order valence-corrected chi connectivity index (χ2v) is 5.17. The van der Waals surface area contributed by atoms with Crippen molar-refractivity contribution in [3.63, 3.8) is 0 Å². The Morgan fingerprint density at radius 3 is 3.00 bits per heavy atom. The van der Waals surface area contributed by atoms with E-state index >= 15 is 0 Å². The quantitative estimate of drug-likeness (QED) is 0.801. The van der Waals surface area contributed by atoms with Crippen molar-refractivity contribution in [1.82, 2.24) is 10.3 Å². The maximum absolute atomic E-state index is 4.44. The summed E-state index contributed by atoms with van der Waals surface area (Å²) in [6, 6.07) is 0.501. The molecule has 3 heteroatoms. The van der Waals surface area contributed by atoms with Crippen LogP contribution < -0.4 is 5.32 Å². The third-order valence-electron chi connectivity index (χ3n) is 3.24. The minimum absolute atomic E-state index is 0.501. The summed E-state index contributed by atoms with van der Waals surface area (Å²) < 4.78 is 0. The second-order valence-electron chi connectivity index (χ2n) is 4.45. The fourth-order valence-corrected chi connectivity index (χ4v) is 2.69. The molecule has 1 heterocycles. The van der Waals surface area contributed by atoms with Gasteiger partial charge in [0, 0.05) is 5.38 Å². The molecule has 0 amide bonds. The fraction of sp³-hybridized carbons (Fsp3) is 0.750. The topological polar surface area (TPSA) is 24.9 Å². The van der Waals surface area contributed by atoms with Gasteiger partial charge in [-0.05, 0) is 25.3 Å². The van der Waals surface area contributed by atoms with Crippen molar-refractivity contribution in [3.8, 4) is 0 Å². The minimum atomic E-state index is 0.501. The van der Waals surface area contributed by atoms with E-state index in [2.05, 4.69) is 22.6 Å². The van der Waals surface area contributed by atoms with Gasteiger partial charge in [0.2, 0.25) is 0 Å². The van der Waals surface area contributed by atoms with E-state index < -0.39 is 0 Å². The average molecular weight is 224 g/mol. The zero-order valence-corrected chi connectivity index (χ0v) is 10.2. The Labute approximate surface area is 96.1 Å². The first-order valence-electron chi connectivity index (χ1n) is 6.01. The van der Waals surface area contributed by atoms with Crippen LogP contribution in [0.4, 0.5) is 0 Å². The third-order valence-corrected chi connectivity index (χ3v) is 3.85. The van der Waals surface area contributed by atoms with Crippen molar-refractivity contribution in [2.75, 3.05) is 6.54 Å². The maximum Gasteiger partial charge on any atom is 0.0795 e. The summed E-state index contributed by atoms with van der Waals surface area (Å²) in [5.74, 6) is 0.945. The molecule has 1 aromatic rings. The SMILES string of the molecule is CCCNC(CC1CCC1)c1cscn1. The van der Waals surface area contributed by atoms with Crippen LogP contribution in [0.5, 0.6) is 0 Å². The fourth-order valence-electron chi connectivity index (χ4n) is 2.08. The first kappa shape index (κ1) is 11.1. The van der Waals surface area contributed by atoms with E-state index in [1.807, 2.05) is 5.51 Å². The number of nitrogens with zero attached hydrogens (tertiary/aromatic N) is 1. The molecule has 1 aromatic heterocycles. The number of aromatic nitrogens is 1. The number of thiazole rings is 1. The van der Waals surface area contributed by atoms with E-state index in [1.165, 1.54) is 37.8 Å². The van der Waals surface area contributed by atoms with Crippen molar-refractivity contribution in [3.05, 3.63) is 16.6 Å². The molecule has 0 radical (unpaired) electrons. The van der Waals surface area contributed by atoms with Crippen molar-refractivity contribution in [2.24, 2.45) is 5.92 Å². The lowest BCUT2D eigenvalue weighted by molar-refractivity contribution is 0.259. The Bertz CT molecular complexity index is 267. The summed E-state index contributed by atoms with van der Waals surface area (Å²) in [7, 11) is 0. The van der Waals surface area contributed by atoms with E-state index in [-0.39, 0.29) is 0 Å². The molecule has 1 saturated carbocycles. The van der Waals surface area contributed by atoms with Gasteiger partial charge in [0.15, 0.2) is 0 Å². The molecule has 1 unspecified atom stereocenters. The van der Waals surface area contributed by atoms with E-state index in [1.54, 1.807) is 11.3 Å². The van der Waals surface area contributed by atoms with Gasteiger partial charge in [0.25, 0.3) is 0 Å². The van der Waals surface area contributed by atoms with Crippen LogP contribution in [0.1, 0.15) is 50.8 Å². The molecule has 0 aliphatic heterocycles. The van der Waals surface area contributed by atoms with Crippen LogP contribution in [-0.4, -0.2) is 11.5 Å². The Balaban J connectivity index is 1.89. The predicted octanol–water partition coefficient (Wildman–Crippen LogP) is 3.37. The number of rotatable bonds is 6. The van der Waals surface area contributed by atoms with Crippen molar-refractivity contribution < 1.29 is 0 Å². The highest BCUT2D eigenvalue weighted by atomic mass is 32.1. The lowest BCUT2D eigenvalue weighted by atomic mass is 9.80. The summed E-state index contributed by atoms with van der Waals surface area (Å²) in [6.45, 7) is 3.32. The Kier molecular flexibility index (Phi) is 4.15. The summed E-state index contributed by atoms with van der Waals surface area (Å²) >= 11 is 1.70. The second kappa shape index (κ2) is 5.61. The first-order chi connectivity index (χ1) is 7.40. The molecule has 84 valence electrons. The highest BCUT2D eigenvalue weighted by Crippen LogP contribution is 2.34. The van der Waals surface area contributed by atoms with Crippen molar-refractivity contribution >= 4 is 11.3 Å². The lowest BCUT2D eigenvalue weighted by Gasteiger charge is -2.29. The molecule has 15 heavy (non-hydrogen) atoms. The molecule has 1 aliphatic rings. The van der Waals surface area contributed by atoms with Gasteiger partial charge < -0.3 is 5.32 Å². The van der Waals surface area contributed by atoms with Crippen LogP contribution in [0.25, 0.3) is 0 Å². The van der Waals surface area contributed by atoms with Crippen LogP contribution in [0.2, 0.25) is 0 Å². The van der Waals surface area contributed by atoms with Gasteiger partial charge in [-0.1, -0.05) is 26.2 Å². The summed E-state index contributed by atoms with van der Waals surface area (Å²) in [4.78, 5) is 4.44. The summed E-state index contributed by atoms with van der Waals surface area (Å²) in [5.41, 5.74) is 3.19. The highest BCUT2D eigenvalue weighted by molar-refractivity contribution is 7.07. The van der Waals surface area contributed by atoms with Crippen molar-refractivity contribution in [1.29, 1.82) is 0 Å². The Morgan fingerprint density at radius 1 is 1.60 bits per heavy atom.